The highest BCUT2D eigenvalue weighted by molar-refractivity contribution is 7.11. The number of carbonyl (C=O) groups excluding carboxylic acids is 1. The van der Waals surface area contributed by atoms with Crippen LogP contribution in [0.15, 0.2) is 17.5 Å². The van der Waals surface area contributed by atoms with Crippen molar-refractivity contribution in [2.75, 3.05) is 31.2 Å². The first-order chi connectivity index (χ1) is 20.0. The predicted molar refractivity (Wildman–Crippen MR) is 170 cm³/mol. The number of hydrogen-bond donors (Lipinski definition) is 0. The van der Waals surface area contributed by atoms with E-state index in [-0.39, 0.29) is 11.6 Å². The Bertz CT molecular complexity index is 1140. The molecule has 6 heteroatoms. The summed E-state index contributed by atoms with van der Waals surface area (Å²) in [4.78, 5) is 16.0. The first kappa shape index (κ1) is 30.4. The minimum absolute atomic E-state index is 0.264. The van der Waals surface area contributed by atoms with Gasteiger partial charge < -0.3 is 19.1 Å². The van der Waals surface area contributed by atoms with Crippen LogP contribution in [0.5, 0.6) is 11.5 Å². The lowest BCUT2D eigenvalue weighted by Crippen LogP contribution is -2.38. The second-order valence-corrected chi connectivity index (χ2v) is 13.4. The fraction of sp³-hybridized carbons (Fsp3) is 0.686. The van der Waals surface area contributed by atoms with Gasteiger partial charge in [0.15, 0.2) is 0 Å². The van der Waals surface area contributed by atoms with Crippen LogP contribution in [0.25, 0.3) is 11.1 Å². The van der Waals surface area contributed by atoms with Crippen LogP contribution in [0.2, 0.25) is 0 Å². The number of aryl methyl sites for hydroxylation is 1. The maximum Gasteiger partial charge on any atom is 0.308 e. The van der Waals surface area contributed by atoms with Gasteiger partial charge in [-0.25, -0.2) is 0 Å². The topological polar surface area (TPSA) is 48.0 Å². The average molecular weight is 582 g/mol. The molecule has 1 saturated carbocycles. The highest BCUT2D eigenvalue weighted by Crippen LogP contribution is 2.58. The van der Waals surface area contributed by atoms with Crippen molar-refractivity contribution < 1.29 is 19.0 Å². The van der Waals surface area contributed by atoms with Crippen LogP contribution in [0.3, 0.4) is 0 Å². The Morgan fingerprint density at radius 1 is 0.976 bits per heavy atom. The van der Waals surface area contributed by atoms with E-state index in [1.165, 1.54) is 87.3 Å². The van der Waals surface area contributed by atoms with Gasteiger partial charge in [-0.1, -0.05) is 71.6 Å². The molecule has 2 fully saturated rings. The van der Waals surface area contributed by atoms with Crippen LogP contribution in [0.4, 0.5) is 5.69 Å². The zero-order valence-electron chi connectivity index (χ0n) is 25.7. The Balaban J connectivity index is 1.59. The number of carbonyl (C=O) groups is 1. The highest BCUT2D eigenvalue weighted by atomic mass is 32.1. The van der Waals surface area contributed by atoms with E-state index >= 15 is 0 Å². The van der Waals surface area contributed by atoms with Gasteiger partial charge >= 0.3 is 5.97 Å². The summed E-state index contributed by atoms with van der Waals surface area (Å²) in [6, 6.07) is 4.73. The predicted octanol–water partition coefficient (Wildman–Crippen LogP) is 9.44. The van der Waals surface area contributed by atoms with Gasteiger partial charge in [0, 0.05) is 36.6 Å². The van der Waals surface area contributed by atoms with Gasteiger partial charge in [0.25, 0.3) is 0 Å². The lowest BCUT2D eigenvalue weighted by molar-refractivity contribution is -0.131. The van der Waals surface area contributed by atoms with Gasteiger partial charge in [0.1, 0.15) is 17.1 Å². The first-order valence-electron chi connectivity index (χ1n) is 16.5. The molecule has 0 radical (unpaired) electrons. The first-order valence-corrected chi connectivity index (χ1v) is 17.4. The lowest BCUT2D eigenvalue weighted by Gasteiger charge is -2.41. The molecule has 1 saturated heterocycles. The molecule has 1 aromatic carbocycles. The molecule has 2 aromatic rings. The number of nitrogens with zero attached hydrogens (tertiary/aromatic N) is 1. The Kier molecular flexibility index (Phi) is 10.7. The third-order valence-corrected chi connectivity index (χ3v) is 10.3. The molecule has 5 nitrogen and oxygen atoms in total. The normalized spacial score (nSPS) is 17.6. The van der Waals surface area contributed by atoms with Crippen molar-refractivity contribution in [2.45, 2.75) is 123 Å². The number of ether oxygens (including phenoxy) is 3. The van der Waals surface area contributed by atoms with Gasteiger partial charge in [-0.05, 0) is 62.1 Å². The van der Waals surface area contributed by atoms with E-state index in [9.17, 15) is 4.79 Å². The number of rotatable bonds is 16. The van der Waals surface area contributed by atoms with E-state index in [0.717, 1.165) is 81.2 Å². The summed E-state index contributed by atoms with van der Waals surface area (Å²) >= 11 is 1.73. The highest BCUT2D eigenvalue weighted by Gasteiger charge is 2.44. The van der Waals surface area contributed by atoms with E-state index in [0.29, 0.717) is 5.75 Å². The molecular weight excluding hydrogens is 530 g/mol. The number of thiophene rings is 1. The minimum atomic E-state index is -0.373. The fourth-order valence-corrected chi connectivity index (χ4v) is 7.89. The number of hydrogen-bond acceptors (Lipinski definition) is 6. The molecule has 0 N–H and O–H groups in total. The second-order valence-electron chi connectivity index (χ2n) is 12.5. The largest absolute Gasteiger partial charge is 0.481 e. The van der Waals surface area contributed by atoms with Gasteiger partial charge in [-0.2, -0.15) is 0 Å². The van der Waals surface area contributed by atoms with Crippen molar-refractivity contribution in [3.8, 4) is 22.6 Å². The van der Waals surface area contributed by atoms with Crippen molar-refractivity contribution in [2.24, 2.45) is 5.92 Å². The minimum Gasteiger partial charge on any atom is -0.481 e. The molecule has 3 heterocycles. The molecular formula is C35H51NO4S. The van der Waals surface area contributed by atoms with Crippen LogP contribution in [-0.4, -0.2) is 32.3 Å². The Morgan fingerprint density at radius 3 is 2.32 bits per heavy atom. The number of unbranched alkanes of at least 4 members (excludes halogenated alkanes) is 6. The fourth-order valence-electron chi connectivity index (χ4n) is 6.72. The summed E-state index contributed by atoms with van der Waals surface area (Å²) in [5.74, 6) is 2.37. The molecule has 5 rings (SSSR count). The number of benzene rings is 1. The zero-order valence-corrected chi connectivity index (χ0v) is 26.5. The van der Waals surface area contributed by atoms with Crippen LogP contribution in [0, 0.1) is 5.92 Å². The van der Waals surface area contributed by atoms with E-state index in [1.54, 1.807) is 11.3 Å². The van der Waals surface area contributed by atoms with E-state index in [1.807, 2.05) is 0 Å². The third kappa shape index (κ3) is 7.48. The number of esters is 1. The Labute approximate surface area is 251 Å². The maximum absolute atomic E-state index is 12.3. The summed E-state index contributed by atoms with van der Waals surface area (Å²) in [6.07, 6.45) is 18.2. The monoisotopic (exact) mass is 581 g/mol. The molecule has 2 aliphatic heterocycles. The summed E-state index contributed by atoms with van der Waals surface area (Å²) in [7, 11) is 0. The number of fused-ring (bicyclic) bond motifs is 3. The van der Waals surface area contributed by atoms with Crippen LogP contribution >= 0.6 is 11.3 Å². The SMILES string of the molecule is CCCCCCC1(CCCCCC)Oc2cc(CCCC3CC3)cc(N3CCOCC3)c2-c2c(OC(C)=O)csc21. The molecule has 0 bridgehead atoms. The van der Waals surface area contributed by atoms with Gasteiger partial charge in [0.05, 0.1) is 23.7 Å². The zero-order chi connectivity index (χ0) is 28.7. The third-order valence-electron chi connectivity index (χ3n) is 9.12. The Morgan fingerprint density at radius 2 is 1.68 bits per heavy atom. The standard InChI is InChI=1S/C35H51NO4S/c1-4-6-8-10-17-35(18-11-9-7-5-2)34-33(31(25-41-34)39-26(3)37)32-29(36-19-21-38-22-20-36)23-28(24-30(32)40-35)14-12-13-27-15-16-27/h23-25,27H,4-22H2,1-3H3. The van der Waals surface area contributed by atoms with Crippen molar-refractivity contribution in [3.63, 3.8) is 0 Å². The molecule has 3 aliphatic rings. The smallest absolute Gasteiger partial charge is 0.308 e. The average Bonchev–Trinajstić information content (AvgIpc) is 3.71. The number of anilines is 1. The molecule has 0 atom stereocenters. The molecule has 226 valence electrons. The molecule has 1 aliphatic carbocycles. The van der Waals surface area contributed by atoms with Gasteiger partial charge in [0.2, 0.25) is 0 Å². The van der Waals surface area contributed by atoms with E-state index < -0.39 is 0 Å². The van der Waals surface area contributed by atoms with Gasteiger partial charge in [-0.3, -0.25) is 4.79 Å². The summed E-state index contributed by atoms with van der Waals surface area (Å²) in [5, 5.41) is 2.06. The molecule has 1 aromatic heterocycles. The summed E-state index contributed by atoms with van der Waals surface area (Å²) < 4.78 is 19.0. The Hall–Kier alpha value is -2.05. The lowest BCUT2D eigenvalue weighted by atomic mass is 9.81. The molecule has 0 spiro atoms. The van der Waals surface area contributed by atoms with Crippen molar-refractivity contribution in [3.05, 3.63) is 28.0 Å². The van der Waals surface area contributed by atoms with Crippen LogP contribution in [-0.2, 0) is 21.6 Å². The number of morpholine rings is 1. The summed E-state index contributed by atoms with van der Waals surface area (Å²) in [6.45, 7) is 9.24. The van der Waals surface area contributed by atoms with E-state index in [4.69, 9.17) is 14.2 Å². The second kappa shape index (κ2) is 14.4. The van der Waals surface area contributed by atoms with Gasteiger partial charge in [-0.15, -0.1) is 11.3 Å². The van der Waals surface area contributed by atoms with Crippen LogP contribution < -0.4 is 14.4 Å². The van der Waals surface area contributed by atoms with Crippen molar-refractivity contribution in [1.82, 2.24) is 0 Å². The molecule has 0 unspecified atom stereocenters. The molecule has 41 heavy (non-hydrogen) atoms. The molecule has 0 amide bonds. The maximum atomic E-state index is 12.3. The van der Waals surface area contributed by atoms with E-state index in [2.05, 4.69) is 36.3 Å². The summed E-state index contributed by atoms with van der Waals surface area (Å²) in [5.41, 5.74) is 4.42. The van der Waals surface area contributed by atoms with Crippen molar-refractivity contribution in [1.29, 1.82) is 0 Å². The van der Waals surface area contributed by atoms with Crippen LogP contribution in [0.1, 0.15) is 121 Å². The van der Waals surface area contributed by atoms with Crippen molar-refractivity contribution >= 4 is 23.0 Å². The quantitative estimate of drug-likeness (QED) is 0.146.